The molecule has 0 amide bonds. The lowest BCUT2D eigenvalue weighted by Crippen LogP contribution is -2.30. The van der Waals surface area contributed by atoms with Crippen molar-refractivity contribution in [1.82, 2.24) is 14.8 Å². The average molecular weight is 486 g/mol. The van der Waals surface area contributed by atoms with Gasteiger partial charge in [0.05, 0.1) is 4.88 Å². The van der Waals surface area contributed by atoms with Gasteiger partial charge in [0.2, 0.25) is 15.8 Å². The second-order valence-electron chi connectivity index (χ2n) is 7.92. The Morgan fingerprint density at radius 3 is 2.66 bits per heavy atom. The van der Waals surface area contributed by atoms with E-state index in [1.54, 1.807) is 0 Å². The van der Waals surface area contributed by atoms with Crippen LogP contribution in [0.4, 0.5) is 13.2 Å². The van der Waals surface area contributed by atoms with Crippen LogP contribution in [-0.2, 0) is 22.7 Å². The fourth-order valence-corrected chi connectivity index (χ4v) is 6.02. The van der Waals surface area contributed by atoms with Crippen LogP contribution in [0.25, 0.3) is 10.6 Å². The minimum atomic E-state index is -4.65. The molecule has 1 aromatic carbocycles. The Morgan fingerprint density at radius 2 is 1.97 bits per heavy atom. The van der Waals surface area contributed by atoms with Gasteiger partial charge in [-0.3, -0.25) is 4.90 Å². The molecule has 1 atom stereocenters. The molecule has 0 unspecified atom stereocenters. The molecule has 3 heterocycles. The second-order valence-corrected chi connectivity index (χ2v) is 11.0. The topological polar surface area (TPSA) is 75.4 Å². The minimum absolute atomic E-state index is 0.0265. The third-order valence-electron chi connectivity index (χ3n) is 5.35. The summed E-state index contributed by atoms with van der Waals surface area (Å²) in [7, 11) is -3.77. The number of halogens is 3. The van der Waals surface area contributed by atoms with E-state index in [0.717, 1.165) is 43.5 Å². The van der Waals surface area contributed by atoms with Crippen molar-refractivity contribution in [2.75, 3.05) is 19.6 Å². The molecular formula is C21H22F3N3O3S2. The maximum Gasteiger partial charge on any atom is 0.452 e. The van der Waals surface area contributed by atoms with Crippen LogP contribution in [0.5, 0.6) is 0 Å². The molecule has 172 valence electrons. The van der Waals surface area contributed by atoms with E-state index >= 15 is 0 Å². The van der Waals surface area contributed by atoms with Crippen molar-refractivity contribution < 1.29 is 26.1 Å². The van der Waals surface area contributed by atoms with Gasteiger partial charge in [0.25, 0.3) is 0 Å². The summed E-state index contributed by atoms with van der Waals surface area (Å²) in [5.41, 5.74) is 2.39. The highest BCUT2D eigenvalue weighted by Gasteiger charge is 2.36. The van der Waals surface area contributed by atoms with Gasteiger partial charge in [0, 0.05) is 25.7 Å². The van der Waals surface area contributed by atoms with Gasteiger partial charge in [0.15, 0.2) is 0 Å². The number of hydrogen-bond acceptors (Lipinski definition) is 6. The third kappa shape index (κ3) is 5.40. The van der Waals surface area contributed by atoms with E-state index in [4.69, 9.17) is 0 Å². The first kappa shape index (κ1) is 23.0. The first-order chi connectivity index (χ1) is 15.1. The zero-order chi connectivity index (χ0) is 22.9. The van der Waals surface area contributed by atoms with Gasteiger partial charge in [-0.2, -0.15) is 13.2 Å². The molecule has 11 heteroatoms. The van der Waals surface area contributed by atoms with Gasteiger partial charge in [-0.1, -0.05) is 35.0 Å². The standard InChI is InChI=1S/C21H22F3N3O3S2/c1-14-2-4-15(5-3-14)12-27-9-8-16(13-27)11-25-32(28,29)20-7-6-18(31-20)17-10-19(30-26-17)21(22,23)24/h2-7,10,16,25H,8-9,11-13H2,1H3/t16-/m0/s1. The Morgan fingerprint density at radius 1 is 1.22 bits per heavy atom. The summed E-state index contributed by atoms with van der Waals surface area (Å²) < 4.78 is 70.4. The molecule has 0 spiro atoms. The lowest BCUT2D eigenvalue weighted by Gasteiger charge is -2.16. The molecule has 1 aliphatic rings. The predicted molar refractivity (Wildman–Crippen MR) is 115 cm³/mol. The lowest BCUT2D eigenvalue weighted by atomic mass is 10.1. The molecule has 1 fully saturated rings. The van der Waals surface area contributed by atoms with Crippen LogP contribution in [0.15, 0.2) is 51.2 Å². The van der Waals surface area contributed by atoms with Crippen molar-refractivity contribution in [3.63, 3.8) is 0 Å². The van der Waals surface area contributed by atoms with E-state index in [1.165, 1.54) is 23.3 Å². The molecule has 2 aromatic heterocycles. The lowest BCUT2D eigenvalue weighted by molar-refractivity contribution is -0.155. The maximum atomic E-state index is 12.7. The minimum Gasteiger partial charge on any atom is -0.351 e. The van der Waals surface area contributed by atoms with Crippen molar-refractivity contribution in [3.8, 4) is 10.6 Å². The molecule has 4 rings (SSSR count). The van der Waals surface area contributed by atoms with Crippen molar-refractivity contribution in [3.05, 3.63) is 59.4 Å². The van der Waals surface area contributed by atoms with E-state index in [1.807, 2.05) is 6.92 Å². The Labute approximate surface area is 188 Å². The van der Waals surface area contributed by atoms with Crippen molar-refractivity contribution in [2.24, 2.45) is 5.92 Å². The quantitative estimate of drug-likeness (QED) is 0.532. The van der Waals surface area contributed by atoms with Gasteiger partial charge < -0.3 is 4.52 Å². The van der Waals surface area contributed by atoms with Crippen LogP contribution in [0.3, 0.4) is 0 Å². The number of benzene rings is 1. The maximum absolute atomic E-state index is 12.7. The van der Waals surface area contributed by atoms with Crippen LogP contribution < -0.4 is 4.72 Å². The second kappa shape index (κ2) is 8.97. The van der Waals surface area contributed by atoms with Crippen LogP contribution >= 0.6 is 11.3 Å². The number of rotatable bonds is 7. The highest BCUT2D eigenvalue weighted by atomic mass is 32.2. The molecule has 1 N–H and O–H groups in total. The monoisotopic (exact) mass is 485 g/mol. The van der Waals surface area contributed by atoms with Crippen LogP contribution in [0.2, 0.25) is 0 Å². The van der Waals surface area contributed by atoms with E-state index in [9.17, 15) is 21.6 Å². The molecule has 32 heavy (non-hydrogen) atoms. The Balaban J connectivity index is 1.33. The van der Waals surface area contributed by atoms with Gasteiger partial charge in [-0.05, 0) is 43.5 Å². The number of nitrogens with one attached hydrogen (secondary N) is 1. The molecule has 0 aliphatic carbocycles. The van der Waals surface area contributed by atoms with Crippen LogP contribution in [0.1, 0.15) is 23.3 Å². The first-order valence-electron chi connectivity index (χ1n) is 10.0. The third-order valence-corrected chi connectivity index (χ3v) is 8.37. The highest BCUT2D eigenvalue weighted by Crippen LogP contribution is 2.35. The number of hydrogen-bond donors (Lipinski definition) is 1. The molecule has 6 nitrogen and oxygen atoms in total. The van der Waals surface area contributed by atoms with Crippen molar-refractivity contribution in [1.29, 1.82) is 0 Å². The fourth-order valence-electron chi connectivity index (χ4n) is 3.60. The van der Waals surface area contributed by atoms with Gasteiger partial charge in [0.1, 0.15) is 9.90 Å². The number of nitrogens with zero attached hydrogens (tertiary/aromatic N) is 2. The number of sulfonamides is 1. The first-order valence-corrected chi connectivity index (χ1v) is 12.3. The summed E-state index contributed by atoms with van der Waals surface area (Å²) in [4.78, 5) is 2.59. The summed E-state index contributed by atoms with van der Waals surface area (Å²) >= 11 is 0.852. The van der Waals surface area contributed by atoms with E-state index in [0.29, 0.717) is 6.54 Å². The molecular weight excluding hydrogens is 463 g/mol. The molecule has 0 saturated carbocycles. The normalized spacial score (nSPS) is 17.8. The van der Waals surface area contributed by atoms with Gasteiger partial charge in [-0.25, -0.2) is 13.1 Å². The van der Waals surface area contributed by atoms with E-state index in [2.05, 4.69) is 43.6 Å². The fraction of sp³-hybridized carbons (Fsp3) is 0.381. The zero-order valence-corrected chi connectivity index (χ0v) is 18.9. The van der Waals surface area contributed by atoms with Crippen molar-refractivity contribution >= 4 is 21.4 Å². The number of likely N-dealkylation sites (tertiary alicyclic amines) is 1. The Kier molecular flexibility index (Phi) is 6.44. The van der Waals surface area contributed by atoms with E-state index < -0.39 is 22.0 Å². The average Bonchev–Trinajstić information content (AvgIpc) is 3.48. The van der Waals surface area contributed by atoms with Gasteiger partial charge >= 0.3 is 6.18 Å². The summed E-state index contributed by atoms with van der Waals surface area (Å²) in [6.45, 7) is 4.88. The summed E-state index contributed by atoms with van der Waals surface area (Å²) in [5.74, 6) is -1.03. The molecule has 0 bridgehead atoms. The highest BCUT2D eigenvalue weighted by molar-refractivity contribution is 7.91. The Hall–Kier alpha value is -2.21. The van der Waals surface area contributed by atoms with E-state index in [-0.39, 0.29) is 20.7 Å². The summed E-state index contributed by atoms with van der Waals surface area (Å²) in [6, 6.07) is 11.9. The largest absolute Gasteiger partial charge is 0.452 e. The zero-order valence-electron chi connectivity index (χ0n) is 17.2. The van der Waals surface area contributed by atoms with Gasteiger partial charge in [-0.15, -0.1) is 11.3 Å². The smallest absolute Gasteiger partial charge is 0.351 e. The number of aromatic nitrogens is 1. The number of aryl methyl sites for hydroxylation is 1. The van der Waals surface area contributed by atoms with Crippen LogP contribution in [0, 0.1) is 12.8 Å². The Bertz CT molecular complexity index is 1170. The summed E-state index contributed by atoms with van der Waals surface area (Å²) in [5, 5.41) is 3.40. The predicted octanol–water partition coefficient (Wildman–Crippen LogP) is 4.53. The molecule has 3 aromatic rings. The SMILES string of the molecule is Cc1ccc(CN2CC[C@@H](CNS(=O)(=O)c3ccc(-c4cc(C(F)(F)F)on4)s3)C2)cc1. The molecule has 0 radical (unpaired) electrons. The molecule has 1 saturated heterocycles. The summed E-state index contributed by atoms with van der Waals surface area (Å²) in [6.07, 6.45) is -3.75. The molecule has 1 aliphatic heterocycles. The number of alkyl halides is 3. The van der Waals surface area contributed by atoms with Crippen molar-refractivity contribution in [2.45, 2.75) is 30.3 Å². The number of thiophene rings is 1. The van der Waals surface area contributed by atoms with Crippen LogP contribution in [-0.4, -0.2) is 38.1 Å².